The molecule has 154 valence electrons. The Morgan fingerprint density at radius 3 is 3.00 bits per heavy atom. The predicted molar refractivity (Wildman–Crippen MR) is 92.8 cm³/mol. The standard InChI is InChI=1S/C15H21FN6O6/c1-2-3-9(6-27-8-24)18-10-4-5-22(14(26)19-10)13-11(16)12(25)15(7-23,28-13)20-21-17/h4-5,8-9,11-13,23,25H,2-3,6-7H2,1H3,(H,18,19,26)/t9-,11-,12?,13?,15+/m0/s1. The number of carbonyl (C=O) groups excluding carboxylic acids is 1. The zero-order chi connectivity index (χ0) is 20.7. The minimum atomic E-state index is -2.24. The molecule has 1 fully saturated rings. The van der Waals surface area contributed by atoms with Gasteiger partial charge in [-0.25, -0.2) is 9.18 Å². The number of aromatic nitrogens is 2. The lowest BCUT2D eigenvalue weighted by molar-refractivity contribution is -0.129. The maximum absolute atomic E-state index is 14.5. The minimum Gasteiger partial charge on any atom is -0.466 e. The molecule has 1 saturated heterocycles. The number of hydrogen-bond acceptors (Lipinski definition) is 9. The van der Waals surface area contributed by atoms with Gasteiger partial charge in [-0.3, -0.25) is 9.36 Å². The van der Waals surface area contributed by atoms with E-state index in [1.54, 1.807) is 0 Å². The number of aliphatic hydroxyl groups is 2. The molecule has 0 aromatic carbocycles. The number of ether oxygens (including phenoxy) is 2. The lowest BCUT2D eigenvalue weighted by Crippen LogP contribution is -2.43. The van der Waals surface area contributed by atoms with E-state index in [-0.39, 0.29) is 18.5 Å². The van der Waals surface area contributed by atoms with Crippen LogP contribution < -0.4 is 11.0 Å². The SMILES string of the molecule is CCC[C@@H](COC=O)Nc1ccn(C2O[C@@](CO)(N=[N+]=[N-])C(O)[C@@H]2F)c(=O)n1. The monoisotopic (exact) mass is 400 g/mol. The fraction of sp³-hybridized carbons (Fsp3) is 0.667. The van der Waals surface area contributed by atoms with Crippen molar-refractivity contribution in [2.45, 2.75) is 50.0 Å². The Labute approximate surface area is 158 Å². The number of nitrogens with zero attached hydrogens (tertiary/aromatic N) is 5. The number of alkyl halides is 1. The summed E-state index contributed by atoms with van der Waals surface area (Å²) in [6, 6.07) is 1.10. The van der Waals surface area contributed by atoms with Crippen LogP contribution in [0.15, 0.2) is 22.2 Å². The Kier molecular flexibility index (Phi) is 7.29. The van der Waals surface area contributed by atoms with E-state index in [1.165, 1.54) is 12.3 Å². The molecule has 1 aromatic heterocycles. The maximum atomic E-state index is 14.5. The highest BCUT2D eigenvalue weighted by atomic mass is 19.1. The van der Waals surface area contributed by atoms with Crippen LogP contribution in [-0.4, -0.2) is 63.5 Å². The Hall–Kier alpha value is -2.73. The van der Waals surface area contributed by atoms with E-state index in [4.69, 9.17) is 15.0 Å². The summed E-state index contributed by atoms with van der Waals surface area (Å²) in [4.78, 5) is 28.9. The zero-order valence-corrected chi connectivity index (χ0v) is 15.0. The first-order valence-electron chi connectivity index (χ1n) is 8.50. The summed E-state index contributed by atoms with van der Waals surface area (Å²) in [5.74, 6) is 0.173. The Morgan fingerprint density at radius 1 is 1.68 bits per heavy atom. The molecule has 0 aliphatic carbocycles. The van der Waals surface area contributed by atoms with Gasteiger partial charge in [0, 0.05) is 11.1 Å². The number of anilines is 1. The van der Waals surface area contributed by atoms with Gasteiger partial charge >= 0.3 is 5.69 Å². The summed E-state index contributed by atoms with van der Waals surface area (Å²) < 4.78 is 25.2. The van der Waals surface area contributed by atoms with Crippen molar-refractivity contribution in [2.75, 3.05) is 18.5 Å². The smallest absolute Gasteiger partial charge is 0.351 e. The summed E-state index contributed by atoms with van der Waals surface area (Å²) >= 11 is 0. The molecular weight excluding hydrogens is 379 g/mol. The van der Waals surface area contributed by atoms with Crippen LogP contribution in [0, 0.1) is 0 Å². The first kappa shape index (κ1) is 21.6. The van der Waals surface area contributed by atoms with Crippen LogP contribution in [-0.2, 0) is 14.3 Å². The third-order valence-corrected chi connectivity index (χ3v) is 4.26. The lowest BCUT2D eigenvalue weighted by atomic mass is 10.1. The highest BCUT2D eigenvalue weighted by Gasteiger charge is 2.56. The van der Waals surface area contributed by atoms with Gasteiger partial charge in [0.25, 0.3) is 6.47 Å². The van der Waals surface area contributed by atoms with Crippen LogP contribution in [0.3, 0.4) is 0 Å². The van der Waals surface area contributed by atoms with E-state index >= 15 is 0 Å². The summed E-state index contributed by atoms with van der Waals surface area (Å²) in [6.45, 7) is 1.35. The number of nitrogens with one attached hydrogen (secondary N) is 1. The van der Waals surface area contributed by atoms with Crippen LogP contribution in [0.1, 0.15) is 26.0 Å². The summed E-state index contributed by atoms with van der Waals surface area (Å²) in [5, 5.41) is 25.4. The second-order valence-electron chi connectivity index (χ2n) is 6.15. The Morgan fingerprint density at radius 2 is 2.43 bits per heavy atom. The van der Waals surface area contributed by atoms with Gasteiger partial charge in [0.1, 0.15) is 18.5 Å². The van der Waals surface area contributed by atoms with Gasteiger partial charge in [0.05, 0.1) is 12.6 Å². The summed E-state index contributed by atoms with van der Waals surface area (Å²) in [7, 11) is 0. The van der Waals surface area contributed by atoms with Crippen LogP contribution in [0.25, 0.3) is 10.4 Å². The second kappa shape index (κ2) is 9.46. The molecule has 0 spiro atoms. The molecule has 5 atom stereocenters. The van der Waals surface area contributed by atoms with Crippen molar-refractivity contribution in [1.82, 2.24) is 9.55 Å². The molecule has 0 bridgehead atoms. The van der Waals surface area contributed by atoms with Crippen molar-refractivity contribution < 1.29 is 28.9 Å². The molecule has 13 heteroatoms. The van der Waals surface area contributed by atoms with Gasteiger partial charge in [-0.05, 0) is 18.0 Å². The quantitative estimate of drug-likeness (QED) is 0.217. The van der Waals surface area contributed by atoms with E-state index in [2.05, 4.69) is 20.3 Å². The molecule has 0 saturated carbocycles. The zero-order valence-electron chi connectivity index (χ0n) is 15.0. The van der Waals surface area contributed by atoms with Crippen molar-refractivity contribution in [3.8, 4) is 0 Å². The molecule has 2 heterocycles. The molecule has 28 heavy (non-hydrogen) atoms. The molecule has 2 unspecified atom stereocenters. The van der Waals surface area contributed by atoms with Crippen LogP contribution in [0.4, 0.5) is 10.2 Å². The van der Waals surface area contributed by atoms with Gasteiger partial charge in [0.15, 0.2) is 12.4 Å². The molecule has 2 rings (SSSR count). The molecule has 0 radical (unpaired) electrons. The average Bonchev–Trinajstić information content (AvgIpc) is 2.92. The topological polar surface area (TPSA) is 172 Å². The van der Waals surface area contributed by atoms with Gasteiger partial charge in [-0.15, -0.1) is 0 Å². The minimum absolute atomic E-state index is 0.0811. The van der Waals surface area contributed by atoms with Crippen molar-refractivity contribution in [3.05, 3.63) is 33.2 Å². The van der Waals surface area contributed by atoms with E-state index in [0.29, 0.717) is 12.9 Å². The average molecular weight is 400 g/mol. The number of carbonyl (C=O) groups is 1. The number of aliphatic hydroxyl groups excluding tert-OH is 2. The molecule has 1 aromatic rings. The molecule has 12 nitrogen and oxygen atoms in total. The van der Waals surface area contributed by atoms with Crippen LogP contribution in [0.5, 0.6) is 0 Å². The van der Waals surface area contributed by atoms with Gasteiger partial charge in [0.2, 0.25) is 5.72 Å². The lowest BCUT2D eigenvalue weighted by Gasteiger charge is -2.23. The van der Waals surface area contributed by atoms with Gasteiger partial charge in [-0.2, -0.15) is 4.98 Å². The normalized spacial score (nSPS) is 27.6. The Balaban J connectivity index is 2.23. The van der Waals surface area contributed by atoms with Gasteiger partial charge < -0.3 is 25.0 Å². The molecular formula is C15H21FN6O6. The third kappa shape index (κ3) is 4.39. The number of azide groups is 1. The van der Waals surface area contributed by atoms with Crippen molar-refractivity contribution in [1.29, 1.82) is 0 Å². The molecule has 1 aliphatic heterocycles. The third-order valence-electron chi connectivity index (χ3n) is 4.26. The van der Waals surface area contributed by atoms with Crippen molar-refractivity contribution >= 4 is 12.3 Å². The van der Waals surface area contributed by atoms with Gasteiger partial charge in [-0.1, -0.05) is 18.5 Å². The highest BCUT2D eigenvalue weighted by Crippen LogP contribution is 2.39. The molecule has 0 amide bonds. The van der Waals surface area contributed by atoms with Crippen LogP contribution >= 0.6 is 0 Å². The Bertz CT molecular complexity index is 787. The molecule has 3 N–H and O–H groups in total. The van der Waals surface area contributed by atoms with Crippen molar-refractivity contribution in [2.24, 2.45) is 5.11 Å². The fourth-order valence-corrected chi connectivity index (χ4v) is 2.88. The van der Waals surface area contributed by atoms with Crippen molar-refractivity contribution in [3.63, 3.8) is 0 Å². The van der Waals surface area contributed by atoms with E-state index < -0.39 is 36.5 Å². The fourth-order valence-electron chi connectivity index (χ4n) is 2.88. The summed E-state index contributed by atoms with van der Waals surface area (Å²) in [6.07, 6.45) is -3.14. The first-order valence-corrected chi connectivity index (χ1v) is 8.50. The van der Waals surface area contributed by atoms with Crippen LogP contribution in [0.2, 0.25) is 0 Å². The van der Waals surface area contributed by atoms with E-state index in [0.717, 1.165) is 11.0 Å². The largest absolute Gasteiger partial charge is 0.466 e. The number of hydrogen-bond donors (Lipinski definition) is 3. The molecule has 1 aliphatic rings. The first-order chi connectivity index (χ1) is 13.4. The van der Waals surface area contributed by atoms with E-state index in [1.807, 2.05) is 6.92 Å². The number of rotatable bonds is 10. The number of halogens is 1. The van der Waals surface area contributed by atoms with E-state index in [9.17, 15) is 24.2 Å². The summed E-state index contributed by atoms with van der Waals surface area (Å²) in [5.41, 5.74) is 5.44. The second-order valence-corrected chi connectivity index (χ2v) is 6.15. The maximum Gasteiger partial charge on any atom is 0.351 e. The highest BCUT2D eigenvalue weighted by molar-refractivity contribution is 5.38. The predicted octanol–water partition coefficient (Wildman–Crippen LogP) is 0.224.